The van der Waals surface area contributed by atoms with E-state index in [9.17, 15) is 14.9 Å². The molecule has 2 aromatic carbocycles. The van der Waals surface area contributed by atoms with Crippen LogP contribution in [0.3, 0.4) is 0 Å². The van der Waals surface area contributed by atoms with Gasteiger partial charge >= 0.3 is 0 Å². The fraction of sp³-hybridized carbons (Fsp3) is 0.333. The summed E-state index contributed by atoms with van der Waals surface area (Å²) in [7, 11) is 0. The Kier molecular flexibility index (Phi) is 8.14. The molecule has 1 saturated carbocycles. The number of benzene rings is 2. The van der Waals surface area contributed by atoms with Crippen LogP contribution in [0, 0.1) is 17.0 Å². The number of nitrogens with one attached hydrogen (secondary N) is 1. The van der Waals surface area contributed by atoms with E-state index in [-0.39, 0.29) is 17.3 Å². The summed E-state index contributed by atoms with van der Waals surface area (Å²) in [6.45, 7) is 2.05. The maximum Gasteiger partial charge on any atom is 0.270 e. The summed E-state index contributed by atoms with van der Waals surface area (Å²) in [5, 5.41) is 24.7. The number of nitro groups is 1. The van der Waals surface area contributed by atoms with Gasteiger partial charge in [0.15, 0.2) is 11.0 Å². The van der Waals surface area contributed by atoms with E-state index in [1.165, 1.54) is 48.2 Å². The summed E-state index contributed by atoms with van der Waals surface area (Å²) in [6.07, 6.45) is 6.97. The number of hydrazone groups is 1. The number of carbonyl (C=O) groups excluding carboxylic acids is 1. The van der Waals surface area contributed by atoms with Crippen molar-refractivity contribution in [3.8, 4) is 11.4 Å². The fourth-order valence-electron chi connectivity index (χ4n) is 4.02. The van der Waals surface area contributed by atoms with Crippen molar-refractivity contribution in [3.05, 3.63) is 68.7 Å². The van der Waals surface area contributed by atoms with Gasteiger partial charge in [0.05, 0.1) is 16.9 Å². The van der Waals surface area contributed by atoms with Crippen molar-refractivity contribution >= 4 is 41.2 Å². The molecule has 182 valence electrons. The number of hydrogen-bond donors (Lipinski definition) is 1. The van der Waals surface area contributed by atoms with Gasteiger partial charge in [-0.25, -0.2) is 5.43 Å². The van der Waals surface area contributed by atoms with Crippen molar-refractivity contribution in [3.63, 3.8) is 0 Å². The van der Waals surface area contributed by atoms with Crippen molar-refractivity contribution in [1.82, 2.24) is 20.2 Å². The molecule has 0 radical (unpaired) electrons. The highest BCUT2D eigenvalue weighted by atomic mass is 35.5. The monoisotopic (exact) mass is 512 g/mol. The quantitative estimate of drug-likeness (QED) is 0.183. The Labute approximate surface area is 212 Å². The Hall–Kier alpha value is -3.24. The first kappa shape index (κ1) is 24.9. The number of amides is 1. The lowest BCUT2D eigenvalue weighted by atomic mass is 9.95. The molecular formula is C24H25ClN6O3S. The Morgan fingerprint density at radius 3 is 2.69 bits per heavy atom. The average molecular weight is 513 g/mol. The number of hydrogen-bond acceptors (Lipinski definition) is 7. The zero-order valence-corrected chi connectivity index (χ0v) is 20.8. The van der Waals surface area contributed by atoms with Crippen molar-refractivity contribution in [2.24, 2.45) is 5.10 Å². The summed E-state index contributed by atoms with van der Waals surface area (Å²) in [6, 6.07) is 12.5. The number of nitro benzene ring substituents is 1. The minimum atomic E-state index is -0.518. The van der Waals surface area contributed by atoms with E-state index < -0.39 is 4.92 Å². The molecule has 1 amide bonds. The van der Waals surface area contributed by atoms with Crippen LogP contribution in [0.5, 0.6) is 0 Å². The molecule has 1 heterocycles. The second-order valence-corrected chi connectivity index (χ2v) is 9.73. The van der Waals surface area contributed by atoms with Gasteiger partial charge in [-0.1, -0.05) is 72.5 Å². The number of halogens is 1. The van der Waals surface area contributed by atoms with Crippen LogP contribution in [0.1, 0.15) is 49.3 Å². The van der Waals surface area contributed by atoms with Gasteiger partial charge in [-0.2, -0.15) is 5.10 Å². The molecule has 1 fully saturated rings. The molecule has 3 aromatic rings. The minimum Gasteiger partial charge on any atom is -0.299 e. The van der Waals surface area contributed by atoms with Crippen LogP contribution >= 0.6 is 23.4 Å². The van der Waals surface area contributed by atoms with E-state index in [1.807, 2.05) is 19.1 Å². The number of non-ortho nitro benzene ring substituents is 1. The lowest BCUT2D eigenvalue weighted by Crippen LogP contribution is -2.20. The predicted octanol–water partition coefficient (Wildman–Crippen LogP) is 5.56. The first-order valence-corrected chi connectivity index (χ1v) is 12.7. The SMILES string of the molecule is Cc1ccc(-c2nnc(SCC(=O)NN=Cc3cc([N+](=O)[O-])ccc3Cl)n2C2CCCCC2)cc1. The molecule has 0 aliphatic heterocycles. The van der Waals surface area contributed by atoms with Gasteiger partial charge in [-0.3, -0.25) is 19.5 Å². The summed E-state index contributed by atoms with van der Waals surface area (Å²) in [4.78, 5) is 22.9. The molecular weight excluding hydrogens is 488 g/mol. The third kappa shape index (κ3) is 6.26. The lowest BCUT2D eigenvalue weighted by molar-refractivity contribution is -0.384. The number of aromatic nitrogens is 3. The summed E-state index contributed by atoms with van der Waals surface area (Å²) in [5.74, 6) is 0.583. The van der Waals surface area contributed by atoms with Crippen LogP contribution in [0.2, 0.25) is 5.02 Å². The average Bonchev–Trinajstić information content (AvgIpc) is 3.28. The zero-order valence-electron chi connectivity index (χ0n) is 19.2. The van der Waals surface area contributed by atoms with Gasteiger partial charge in [0.1, 0.15) is 0 Å². The third-order valence-electron chi connectivity index (χ3n) is 5.83. The summed E-state index contributed by atoms with van der Waals surface area (Å²) in [5.41, 5.74) is 4.86. The largest absolute Gasteiger partial charge is 0.299 e. The van der Waals surface area contributed by atoms with Crippen LogP contribution in [-0.2, 0) is 4.79 Å². The van der Waals surface area contributed by atoms with E-state index in [4.69, 9.17) is 11.6 Å². The number of thioether (sulfide) groups is 1. The highest BCUT2D eigenvalue weighted by Crippen LogP contribution is 2.35. The highest BCUT2D eigenvalue weighted by Gasteiger charge is 2.24. The van der Waals surface area contributed by atoms with Gasteiger partial charge in [0, 0.05) is 34.3 Å². The summed E-state index contributed by atoms with van der Waals surface area (Å²) < 4.78 is 2.17. The molecule has 0 unspecified atom stereocenters. The first-order chi connectivity index (χ1) is 16.9. The number of aryl methyl sites for hydroxylation is 1. The molecule has 0 spiro atoms. The van der Waals surface area contributed by atoms with E-state index in [2.05, 4.69) is 37.4 Å². The molecule has 11 heteroatoms. The molecule has 0 bridgehead atoms. The van der Waals surface area contributed by atoms with E-state index in [1.54, 1.807) is 0 Å². The fourth-order valence-corrected chi connectivity index (χ4v) is 4.99. The van der Waals surface area contributed by atoms with Crippen molar-refractivity contribution < 1.29 is 9.72 Å². The second-order valence-electron chi connectivity index (χ2n) is 8.38. The molecule has 0 atom stereocenters. The van der Waals surface area contributed by atoms with Gasteiger partial charge < -0.3 is 0 Å². The zero-order chi connectivity index (χ0) is 24.8. The van der Waals surface area contributed by atoms with Gasteiger partial charge in [0.25, 0.3) is 11.6 Å². The lowest BCUT2D eigenvalue weighted by Gasteiger charge is -2.25. The van der Waals surface area contributed by atoms with Crippen LogP contribution in [0.4, 0.5) is 5.69 Å². The minimum absolute atomic E-state index is 0.0960. The van der Waals surface area contributed by atoms with Gasteiger partial charge in [-0.05, 0) is 25.8 Å². The standard InChI is InChI=1S/C24H25ClN6O3S/c1-16-7-9-17(10-8-16)23-28-29-24(30(23)19-5-3-2-4-6-19)35-15-22(32)27-26-14-18-13-20(31(33)34)11-12-21(18)25/h7-14,19H,2-6,15H2,1H3,(H,27,32). The van der Waals surface area contributed by atoms with Gasteiger partial charge in [-0.15, -0.1) is 10.2 Å². The van der Waals surface area contributed by atoms with Crippen LogP contribution in [0.15, 0.2) is 52.7 Å². The number of carbonyl (C=O) groups is 1. The molecule has 4 rings (SSSR count). The Balaban J connectivity index is 1.45. The van der Waals surface area contributed by atoms with E-state index in [0.29, 0.717) is 21.8 Å². The van der Waals surface area contributed by atoms with Crippen LogP contribution < -0.4 is 5.43 Å². The van der Waals surface area contributed by atoms with Crippen LogP contribution in [0.25, 0.3) is 11.4 Å². The maximum atomic E-state index is 12.4. The van der Waals surface area contributed by atoms with Crippen molar-refractivity contribution in [2.75, 3.05) is 5.75 Å². The smallest absolute Gasteiger partial charge is 0.270 e. The Morgan fingerprint density at radius 1 is 1.23 bits per heavy atom. The topological polar surface area (TPSA) is 115 Å². The molecule has 1 aliphatic carbocycles. The highest BCUT2D eigenvalue weighted by molar-refractivity contribution is 7.99. The normalized spacial score (nSPS) is 14.3. The van der Waals surface area contributed by atoms with E-state index >= 15 is 0 Å². The van der Waals surface area contributed by atoms with Crippen molar-refractivity contribution in [2.45, 2.75) is 50.2 Å². The maximum absolute atomic E-state index is 12.4. The number of nitrogens with zero attached hydrogens (tertiary/aromatic N) is 5. The predicted molar refractivity (Wildman–Crippen MR) is 137 cm³/mol. The Morgan fingerprint density at radius 2 is 1.97 bits per heavy atom. The number of rotatable bonds is 8. The molecule has 35 heavy (non-hydrogen) atoms. The van der Waals surface area contributed by atoms with Crippen LogP contribution in [-0.4, -0.2) is 37.6 Å². The molecule has 1 N–H and O–H groups in total. The molecule has 9 nitrogen and oxygen atoms in total. The second kappa shape index (κ2) is 11.5. The third-order valence-corrected chi connectivity index (χ3v) is 7.12. The van der Waals surface area contributed by atoms with Crippen molar-refractivity contribution in [1.29, 1.82) is 0 Å². The Bertz CT molecular complexity index is 1240. The molecule has 1 aromatic heterocycles. The van der Waals surface area contributed by atoms with E-state index in [0.717, 1.165) is 37.1 Å². The van der Waals surface area contributed by atoms with Gasteiger partial charge in [0.2, 0.25) is 0 Å². The molecule has 0 saturated heterocycles. The summed E-state index contributed by atoms with van der Waals surface area (Å²) >= 11 is 7.37. The molecule has 1 aliphatic rings. The first-order valence-electron chi connectivity index (χ1n) is 11.3.